The quantitative estimate of drug-likeness (QED) is 0.689. The van der Waals surface area contributed by atoms with Gasteiger partial charge in [0.2, 0.25) is 5.91 Å². The normalized spacial score (nSPS) is 11.6. The second-order valence-corrected chi connectivity index (χ2v) is 6.85. The molecule has 0 saturated carbocycles. The average molecular weight is 359 g/mol. The van der Waals surface area contributed by atoms with Crippen molar-refractivity contribution in [1.29, 1.82) is 0 Å². The second kappa shape index (κ2) is 9.99. The van der Waals surface area contributed by atoms with Gasteiger partial charge >= 0.3 is 0 Å². The zero-order valence-electron chi connectivity index (χ0n) is 15.0. The topological polar surface area (TPSA) is 47.6 Å². The smallest absolute Gasteiger partial charge is 0.230 e. The van der Waals surface area contributed by atoms with Gasteiger partial charge in [-0.2, -0.15) is 0 Å². The highest BCUT2D eigenvalue weighted by molar-refractivity contribution is 8.00. The summed E-state index contributed by atoms with van der Waals surface area (Å²) in [5.41, 5.74) is 1.29. The number of hydrogen-bond acceptors (Lipinski definition) is 4. The molecule has 5 heteroatoms. The van der Waals surface area contributed by atoms with E-state index in [1.807, 2.05) is 43.3 Å². The van der Waals surface area contributed by atoms with Gasteiger partial charge < -0.3 is 14.8 Å². The molecule has 0 aliphatic carbocycles. The minimum atomic E-state index is 0.0420. The molecule has 2 rings (SSSR count). The number of benzene rings is 2. The van der Waals surface area contributed by atoms with Gasteiger partial charge in [-0.05, 0) is 43.5 Å². The molecule has 0 saturated heterocycles. The Bertz CT molecular complexity index is 676. The van der Waals surface area contributed by atoms with Gasteiger partial charge in [0, 0.05) is 10.9 Å². The van der Waals surface area contributed by atoms with Crippen molar-refractivity contribution in [3.8, 4) is 11.5 Å². The highest BCUT2D eigenvalue weighted by atomic mass is 32.2. The molecule has 0 aliphatic heterocycles. The lowest BCUT2D eigenvalue weighted by Crippen LogP contribution is -2.34. The number of methoxy groups -OCH3 is 2. The summed E-state index contributed by atoms with van der Waals surface area (Å²) in [6.45, 7) is 2.04. The fourth-order valence-corrected chi connectivity index (χ4v) is 3.21. The van der Waals surface area contributed by atoms with Crippen molar-refractivity contribution < 1.29 is 14.3 Å². The molecule has 0 aliphatic rings. The summed E-state index contributed by atoms with van der Waals surface area (Å²) < 4.78 is 10.5. The molecule has 0 unspecified atom stereocenters. The number of thioether (sulfide) groups is 1. The summed E-state index contributed by atoms with van der Waals surface area (Å²) >= 11 is 1.49. The van der Waals surface area contributed by atoms with Gasteiger partial charge in [0.15, 0.2) is 11.5 Å². The van der Waals surface area contributed by atoms with E-state index >= 15 is 0 Å². The maximum Gasteiger partial charge on any atom is 0.230 e. The van der Waals surface area contributed by atoms with Crippen LogP contribution >= 0.6 is 11.8 Å². The van der Waals surface area contributed by atoms with E-state index in [9.17, 15) is 4.79 Å². The van der Waals surface area contributed by atoms with Crippen LogP contribution in [-0.2, 0) is 11.2 Å². The number of nitrogens with one attached hydrogen (secondary N) is 1. The second-order valence-electron chi connectivity index (χ2n) is 5.80. The van der Waals surface area contributed by atoms with Gasteiger partial charge in [0.1, 0.15) is 0 Å². The van der Waals surface area contributed by atoms with Crippen LogP contribution in [0.3, 0.4) is 0 Å². The predicted molar refractivity (Wildman–Crippen MR) is 103 cm³/mol. The summed E-state index contributed by atoms with van der Waals surface area (Å²) in [6.07, 6.45) is 1.89. The van der Waals surface area contributed by atoms with E-state index in [1.54, 1.807) is 14.2 Å². The van der Waals surface area contributed by atoms with Crippen LogP contribution in [0, 0.1) is 0 Å². The van der Waals surface area contributed by atoms with Crippen LogP contribution in [0.25, 0.3) is 0 Å². The molecule has 1 amide bonds. The Kier molecular flexibility index (Phi) is 7.67. The van der Waals surface area contributed by atoms with Gasteiger partial charge in [-0.1, -0.05) is 30.3 Å². The Morgan fingerprint density at radius 3 is 2.48 bits per heavy atom. The summed E-state index contributed by atoms with van der Waals surface area (Å²) in [4.78, 5) is 13.1. The molecule has 134 valence electrons. The van der Waals surface area contributed by atoms with Crippen molar-refractivity contribution in [3.63, 3.8) is 0 Å². The number of aryl methyl sites for hydroxylation is 1. The van der Waals surface area contributed by atoms with Crippen molar-refractivity contribution in [3.05, 3.63) is 54.1 Å². The van der Waals surface area contributed by atoms with Gasteiger partial charge in [0.05, 0.1) is 20.0 Å². The average Bonchev–Trinajstić information content (AvgIpc) is 2.65. The Morgan fingerprint density at radius 1 is 1.08 bits per heavy atom. The number of rotatable bonds is 9. The first-order chi connectivity index (χ1) is 12.1. The third-order valence-corrected chi connectivity index (χ3v) is 4.83. The van der Waals surface area contributed by atoms with E-state index in [0.717, 1.165) is 17.7 Å². The van der Waals surface area contributed by atoms with E-state index in [2.05, 4.69) is 17.4 Å². The molecule has 1 atom stereocenters. The highest BCUT2D eigenvalue weighted by Crippen LogP contribution is 2.31. The van der Waals surface area contributed by atoms with Crippen LogP contribution in [0.15, 0.2) is 53.4 Å². The molecule has 2 aromatic carbocycles. The Balaban J connectivity index is 1.76. The molecular weight excluding hydrogens is 334 g/mol. The molecular formula is C20H25NO3S. The molecule has 2 aromatic rings. The molecule has 4 nitrogen and oxygen atoms in total. The molecule has 0 fully saturated rings. The molecule has 1 N–H and O–H groups in total. The highest BCUT2D eigenvalue weighted by Gasteiger charge is 2.10. The number of ether oxygens (including phenoxy) is 2. The first kappa shape index (κ1) is 19.2. The monoisotopic (exact) mass is 359 g/mol. The van der Waals surface area contributed by atoms with E-state index in [4.69, 9.17) is 9.47 Å². The first-order valence-electron chi connectivity index (χ1n) is 8.30. The fraction of sp³-hybridized carbons (Fsp3) is 0.350. The Labute approximate surface area is 153 Å². The van der Waals surface area contributed by atoms with Crippen LogP contribution in [0.4, 0.5) is 0 Å². The van der Waals surface area contributed by atoms with E-state index in [1.165, 1.54) is 17.3 Å². The van der Waals surface area contributed by atoms with Crippen molar-refractivity contribution >= 4 is 17.7 Å². The number of carbonyl (C=O) groups excluding carboxylic acids is 1. The van der Waals surface area contributed by atoms with Crippen LogP contribution < -0.4 is 14.8 Å². The van der Waals surface area contributed by atoms with Crippen molar-refractivity contribution in [2.75, 3.05) is 20.0 Å². The summed E-state index contributed by atoms with van der Waals surface area (Å²) in [7, 11) is 3.21. The zero-order valence-corrected chi connectivity index (χ0v) is 15.8. The van der Waals surface area contributed by atoms with Gasteiger partial charge in [-0.3, -0.25) is 4.79 Å². The van der Waals surface area contributed by atoms with Gasteiger partial charge in [0.25, 0.3) is 0 Å². The molecule has 0 aromatic heterocycles. The molecule has 0 bridgehead atoms. The lowest BCUT2D eigenvalue weighted by Gasteiger charge is -2.14. The summed E-state index contributed by atoms with van der Waals surface area (Å²) in [6, 6.07) is 16.1. The summed E-state index contributed by atoms with van der Waals surface area (Å²) in [5, 5.41) is 3.06. The Morgan fingerprint density at radius 2 is 1.80 bits per heavy atom. The van der Waals surface area contributed by atoms with Crippen molar-refractivity contribution in [2.45, 2.75) is 30.7 Å². The molecule has 0 radical (unpaired) electrons. The predicted octanol–water partition coefficient (Wildman–Crippen LogP) is 3.93. The minimum Gasteiger partial charge on any atom is -0.493 e. The van der Waals surface area contributed by atoms with E-state index < -0.39 is 0 Å². The van der Waals surface area contributed by atoms with Crippen molar-refractivity contribution in [1.82, 2.24) is 5.32 Å². The number of hydrogen-bond donors (Lipinski definition) is 1. The molecule has 0 spiro atoms. The SMILES string of the molecule is COc1ccc(SCC(=O)N[C@H](C)CCc2ccccc2)cc1OC. The number of carbonyl (C=O) groups is 1. The maximum absolute atomic E-state index is 12.1. The third kappa shape index (κ3) is 6.35. The number of amides is 1. The summed E-state index contributed by atoms with van der Waals surface area (Å²) in [5.74, 6) is 1.78. The largest absolute Gasteiger partial charge is 0.493 e. The van der Waals surface area contributed by atoms with Gasteiger partial charge in [-0.15, -0.1) is 11.8 Å². The van der Waals surface area contributed by atoms with Crippen LogP contribution in [-0.4, -0.2) is 31.9 Å². The van der Waals surface area contributed by atoms with Gasteiger partial charge in [-0.25, -0.2) is 0 Å². The molecule has 25 heavy (non-hydrogen) atoms. The standard InChI is InChI=1S/C20H25NO3S/c1-15(9-10-16-7-5-4-6-8-16)21-20(22)14-25-17-11-12-18(23-2)19(13-17)24-3/h4-8,11-13,15H,9-10,14H2,1-3H3,(H,21,22)/t15-/m1/s1. The zero-order chi connectivity index (χ0) is 18.1. The van der Waals surface area contributed by atoms with E-state index in [-0.39, 0.29) is 11.9 Å². The van der Waals surface area contributed by atoms with Crippen molar-refractivity contribution in [2.24, 2.45) is 0 Å². The lowest BCUT2D eigenvalue weighted by atomic mass is 10.1. The fourth-order valence-electron chi connectivity index (χ4n) is 2.47. The van der Waals surface area contributed by atoms with Crippen LogP contribution in [0.5, 0.6) is 11.5 Å². The lowest BCUT2D eigenvalue weighted by molar-refractivity contribution is -0.119. The minimum absolute atomic E-state index is 0.0420. The maximum atomic E-state index is 12.1. The Hall–Kier alpha value is -2.14. The van der Waals surface area contributed by atoms with Crippen LogP contribution in [0.1, 0.15) is 18.9 Å². The van der Waals surface area contributed by atoms with Crippen LogP contribution in [0.2, 0.25) is 0 Å². The third-order valence-electron chi connectivity index (χ3n) is 3.84. The molecule has 0 heterocycles. The van der Waals surface area contributed by atoms with E-state index in [0.29, 0.717) is 17.3 Å². The first-order valence-corrected chi connectivity index (χ1v) is 9.29.